The third-order valence-electron chi connectivity index (χ3n) is 4.46. The predicted octanol–water partition coefficient (Wildman–Crippen LogP) is 2.04. The van der Waals surface area contributed by atoms with Crippen LogP contribution in [-0.2, 0) is 6.54 Å². The molecule has 3 heterocycles. The van der Waals surface area contributed by atoms with Gasteiger partial charge in [0.2, 0.25) is 0 Å². The van der Waals surface area contributed by atoms with Gasteiger partial charge in [-0.1, -0.05) is 13.8 Å². The molecule has 2 aromatic rings. The Morgan fingerprint density at radius 1 is 1.16 bits per heavy atom. The van der Waals surface area contributed by atoms with E-state index in [0.29, 0.717) is 43.4 Å². The number of nitrogens with zero attached hydrogens (tertiary/aromatic N) is 4. The maximum absolute atomic E-state index is 12.8. The molecular formula is C18H24N4O3. The van der Waals surface area contributed by atoms with Gasteiger partial charge in [0, 0.05) is 38.4 Å². The Balaban J connectivity index is 1.62. The molecule has 0 aliphatic carbocycles. The first kappa shape index (κ1) is 17.3. The maximum Gasteiger partial charge on any atom is 0.289 e. The summed E-state index contributed by atoms with van der Waals surface area (Å²) in [6.07, 6.45) is 3.14. The van der Waals surface area contributed by atoms with E-state index in [1.165, 1.54) is 6.26 Å². The highest BCUT2D eigenvalue weighted by Gasteiger charge is 2.28. The van der Waals surface area contributed by atoms with E-state index in [1.807, 2.05) is 11.6 Å². The van der Waals surface area contributed by atoms with Crippen molar-refractivity contribution in [1.29, 1.82) is 0 Å². The average molecular weight is 344 g/mol. The van der Waals surface area contributed by atoms with Crippen LogP contribution in [0.5, 0.6) is 0 Å². The van der Waals surface area contributed by atoms with Gasteiger partial charge in [-0.2, -0.15) is 5.10 Å². The number of aromatic nitrogens is 2. The molecule has 0 atom stereocenters. The highest BCUT2D eigenvalue weighted by molar-refractivity contribution is 5.95. The minimum Gasteiger partial charge on any atom is -0.459 e. The summed E-state index contributed by atoms with van der Waals surface area (Å²) in [6, 6.07) is 3.36. The van der Waals surface area contributed by atoms with Crippen molar-refractivity contribution >= 4 is 11.8 Å². The predicted molar refractivity (Wildman–Crippen MR) is 92.3 cm³/mol. The van der Waals surface area contributed by atoms with E-state index in [2.05, 4.69) is 18.9 Å². The van der Waals surface area contributed by atoms with Crippen molar-refractivity contribution in [2.75, 3.05) is 26.2 Å². The van der Waals surface area contributed by atoms with Gasteiger partial charge in [0.05, 0.1) is 18.0 Å². The highest BCUT2D eigenvalue weighted by Crippen LogP contribution is 2.15. The summed E-state index contributed by atoms with van der Waals surface area (Å²) in [5.74, 6) is 0.666. The van der Waals surface area contributed by atoms with Crippen molar-refractivity contribution in [2.24, 2.45) is 5.92 Å². The zero-order valence-corrected chi connectivity index (χ0v) is 14.9. The van der Waals surface area contributed by atoms with Crippen molar-refractivity contribution in [3.8, 4) is 0 Å². The number of furan rings is 1. The van der Waals surface area contributed by atoms with Gasteiger partial charge in [-0.15, -0.1) is 0 Å². The average Bonchev–Trinajstić information content (AvgIpc) is 3.25. The number of rotatable bonds is 4. The van der Waals surface area contributed by atoms with Crippen LogP contribution < -0.4 is 0 Å². The summed E-state index contributed by atoms with van der Waals surface area (Å²) in [5.41, 5.74) is 1.54. The zero-order valence-electron chi connectivity index (χ0n) is 14.9. The Labute approximate surface area is 147 Å². The van der Waals surface area contributed by atoms with Crippen LogP contribution in [0.25, 0.3) is 0 Å². The van der Waals surface area contributed by atoms with E-state index in [-0.39, 0.29) is 11.8 Å². The Bertz CT molecular complexity index is 740. The topological polar surface area (TPSA) is 71.6 Å². The summed E-state index contributed by atoms with van der Waals surface area (Å²) in [6.45, 7) is 9.01. The molecule has 1 saturated heterocycles. The second kappa shape index (κ2) is 7.13. The molecule has 25 heavy (non-hydrogen) atoms. The number of carbonyl (C=O) groups is 2. The summed E-state index contributed by atoms with van der Waals surface area (Å²) >= 11 is 0. The number of amides is 2. The third-order valence-corrected chi connectivity index (χ3v) is 4.46. The largest absolute Gasteiger partial charge is 0.459 e. The SMILES string of the molecule is Cc1c(C(=O)N2CCN(C(=O)c3ccco3)CC2)cnn1CC(C)C. The summed E-state index contributed by atoms with van der Waals surface area (Å²) < 4.78 is 7.04. The molecule has 2 aromatic heterocycles. The van der Waals surface area contributed by atoms with Crippen molar-refractivity contribution < 1.29 is 14.0 Å². The first-order valence-electron chi connectivity index (χ1n) is 8.62. The molecule has 0 unspecified atom stereocenters. The van der Waals surface area contributed by atoms with Crippen LogP contribution in [0.2, 0.25) is 0 Å². The van der Waals surface area contributed by atoms with Gasteiger partial charge in [-0.05, 0) is 25.0 Å². The minimum absolute atomic E-state index is 0.0161. The zero-order chi connectivity index (χ0) is 18.0. The Morgan fingerprint density at radius 3 is 2.36 bits per heavy atom. The van der Waals surface area contributed by atoms with Crippen LogP contribution in [0.3, 0.4) is 0 Å². The lowest BCUT2D eigenvalue weighted by Gasteiger charge is -2.34. The maximum atomic E-state index is 12.8. The van der Waals surface area contributed by atoms with E-state index in [9.17, 15) is 9.59 Å². The summed E-state index contributed by atoms with van der Waals surface area (Å²) in [4.78, 5) is 28.6. The molecule has 7 nitrogen and oxygen atoms in total. The Kier molecular flexibility index (Phi) is 4.92. The molecule has 0 N–H and O–H groups in total. The number of hydrogen-bond donors (Lipinski definition) is 0. The second-order valence-corrected chi connectivity index (χ2v) is 6.78. The number of hydrogen-bond acceptors (Lipinski definition) is 4. The molecule has 2 amide bonds. The van der Waals surface area contributed by atoms with Crippen LogP contribution in [0, 0.1) is 12.8 Å². The van der Waals surface area contributed by atoms with Gasteiger partial charge in [0.25, 0.3) is 11.8 Å². The van der Waals surface area contributed by atoms with Gasteiger partial charge in [-0.25, -0.2) is 0 Å². The normalized spacial score (nSPS) is 15.0. The standard InChI is InChI=1S/C18H24N4O3/c1-13(2)12-22-14(3)15(11-19-22)17(23)20-6-8-21(9-7-20)18(24)16-5-4-10-25-16/h4-5,10-11,13H,6-9,12H2,1-3H3. The fourth-order valence-electron chi connectivity index (χ4n) is 3.03. The molecule has 0 saturated carbocycles. The molecule has 1 aliphatic heterocycles. The molecule has 1 fully saturated rings. The van der Waals surface area contributed by atoms with Gasteiger partial charge in [-0.3, -0.25) is 14.3 Å². The van der Waals surface area contributed by atoms with Crippen molar-refractivity contribution in [3.63, 3.8) is 0 Å². The van der Waals surface area contributed by atoms with E-state index in [0.717, 1.165) is 12.2 Å². The molecule has 7 heteroatoms. The fraction of sp³-hybridized carbons (Fsp3) is 0.500. The molecule has 3 rings (SSSR count). The quantitative estimate of drug-likeness (QED) is 0.851. The molecular weight excluding hydrogens is 320 g/mol. The number of piperazine rings is 1. The van der Waals surface area contributed by atoms with E-state index < -0.39 is 0 Å². The molecule has 0 bridgehead atoms. The van der Waals surface area contributed by atoms with Crippen molar-refractivity contribution in [2.45, 2.75) is 27.3 Å². The van der Waals surface area contributed by atoms with Crippen LogP contribution in [0.15, 0.2) is 29.0 Å². The Morgan fingerprint density at radius 2 is 1.80 bits per heavy atom. The lowest BCUT2D eigenvalue weighted by atomic mass is 10.2. The first-order valence-corrected chi connectivity index (χ1v) is 8.62. The minimum atomic E-state index is -0.127. The summed E-state index contributed by atoms with van der Waals surface area (Å²) in [7, 11) is 0. The van der Waals surface area contributed by atoms with Crippen molar-refractivity contribution in [3.05, 3.63) is 41.6 Å². The van der Waals surface area contributed by atoms with Gasteiger partial charge in [0.15, 0.2) is 5.76 Å². The smallest absolute Gasteiger partial charge is 0.289 e. The lowest BCUT2D eigenvalue weighted by molar-refractivity contribution is 0.0517. The fourth-order valence-corrected chi connectivity index (χ4v) is 3.03. The second-order valence-electron chi connectivity index (χ2n) is 6.78. The van der Waals surface area contributed by atoms with Gasteiger partial charge >= 0.3 is 0 Å². The van der Waals surface area contributed by atoms with E-state index >= 15 is 0 Å². The molecule has 0 radical (unpaired) electrons. The first-order chi connectivity index (χ1) is 12.0. The van der Waals surface area contributed by atoms with E-state index in [4.69, 9.17) is 4.42 Å². The van der Waals surface area contributed by atoms with Gasteiger partial charge in [0.1, 0.15) is 0 Å². The van der Waals surface area contributed by atoms with Crippen molar-refractivity contribution in [1.82, 2.24) is 19.6 Å². The van der Waals surface area contributed by atoms with Crippen LogP contribution >= 0.6 is 0 Å². The third kappa shape index (κ3) is 3.60. The molecule has 1 aliphatic rings. The lowest BCUT2D eigenvalue weighted by Crippen LogP contribution is -2.50. The molecule has 0 aromatic carbocycles. The van der Waals surface area contributed by atoms with Crippen LogP contribution in [0.4, 0.5) is 0 Å². The summed E-state index contributed by atoms with van der Waals surface area (Å²) in [5, 5.41) is 4.34. The Hall–Kier alpha value is -2.57. The van der Waals surface area contributed by atoms with E-state index in [1.54, 1.807) is 28.1 Å². The monoisotopic (exact) mass is 344 g/mol. The molecule has 0 spiro atoms. The number of carbonyl (C=O) groups excluding carboxylic acids is 2. The van der Waals surface area contributed by atoms with Crippen LogP contribution in [0.1, 0.15) is 40.5 Å². The van der Waals surface area contributed by atoms with Crippen LogP contribution in [-0.4, -0.2) is 57.6 Å². The highest BCUT2D eigenvalue weighted by atomic mass is 16.3. The molecule has 134 valence electrons. The van der Waals surface area contributed by atoms with Gasteiger partial charge < -0.3 is 14.2 Å².